The maximum Gasteiger partial charge on any atom is 0.267 e. The van der Waals surface area contributed by atoms with Crippen molar-refractivity contribution < 1.29 is 14.3 Å². The van der Waals surface area contributed by atoms with Crippen molar-refractivity contribution in [3.63, 3.8) is 0 Å². The summed E-state index contributed by atoms with van der Waals surface area (Å²) >= 11 is 14.1. The zero-order valence-corrected chi connectivity index (χ0v) is 26.5. The van der Waals surface area contributed by atoms with Gasteiger partial charge in [0, 0.05) is 42.8 Å². The van der Waals surface area contributed by atoms with E-state index >= 15 is 0 Å². The molecule has 0 saturated carbocycles. The van der Waals surface area contributed by atoms with Crippen molar-refractivity contribution in [1.82, 2.24) is 20.6 Å². The first-order chi connectivity index (χ1) is 21.9. The third kappa shape index (κ3) is 10.1. The van der Waals surface area contributed by atoms with E-state index in [1.807, 2.05) is 42.5 Å². The maximum absolute atomic E-state index is 13.0. The molecule has 4 rings (SSSR count). The van der Waals surface area contributed by atoms with Crippen LogP contribution in [0.25, 0.3) is 0 Å². The number of aromatic nitrogens is 2. The van der Waals surface area contributed by atoms with Crippen molar-refractivity contribution in [3.8, 4) is 5.75 Å². The standard InChI is InChI=1S/C31H32Cl2N8O3S/c32-23-7-4-8-24(33)29(23)45-19-22-10-11-27(44-16-13-20-5-2-1-3-6-20)25(39-22)17-26(40-34)31(43)37-15-14-36-30(42)21-9-12-28(41-35)38-18-21/h1-12,18H,13-17,19,34-35H2,(H,36,42)(H,37,43)(H,38,41)/b40-26+. The first-order valence-electron chi connectivity index (χ1n) is 13.9. The summed E-state index contributed by atoms with van der Waals surface area (Å²) in [6.45, 7) is 0.718. The number of ether oxygens (including phenoxy) is 1. The molecule has 0 aliphatic rings. The van der Waals surface area contributed by atoms with E-state index in [4.69, 9.17) is 44.6 Å². The maximum atomic E-state index is 13.0. The molecule has 0 aliphatic heterocycles. The number of anilines is 1. The van der Waals surface area contributed by atoms with Crippen LogP contribution in [0.1, 0.15) is 27.3 Å². The van der Waals surface area contributed by atoms with Gasteiger partial charge in [0.15, 0.2) is 0 Å². The Labute approximate surface area is 275 Å². The minimum Gasteiger partial charge on any atom is -0.491 e. The SMILES string of the molecule is N/N=C(\Cc1nc(CSc2c(Cl)cccc2Cl)ccc1OCCc1ccccc1)C(=O)NCCNC(=O)c1ccc(NN)nc1. The number of hydrazine groups is 1. The third-order valence-electron chi connectivity index (χ3n) is 6.39. The summed E-state index contributed by atoms with van der Waals surface area (Å²) in [7, 11) is 0. The molecule has 14 heteroatoms. The number of nitrogens with two attached hydrogens (primary N) is 2. The fraction of sp³-hybridized carbons (Fsp3) is 0.194. The Morgan fingerprint density at radius 3 is 2.38 bits per heavy atom. The zero-order chi connectivity index (χ0) is 32.0. The summed E-state index contributed by atoms with van der Waals surface area (Å²) in [6.07, 6.45) is 2.11. The Morgan fingerprint density at radius 2 is 1.69 bits per heavy atom. The van der Waals surface area contributed by atoms with E-state index in [9.17, 15) is 9.59 Å². The van der Waals surface area contributed by atoms with Crippen LogP contribution in [0.2, 0.25) is 10.0 Å². The molecule has 2 heterocycles. The van der Waals surface area contributed by atoms with Gasteiger partial charge in [0.05, 0.1) is 33.6 Å². The highest BCUT2D eigenvalue weighted by Gasteiger charge is 2.18. The predicted molar refractivity (Wildman–Crippen MR) is 179 cm³/mol. The molecular weight excluding hydrogens is 635 g/mol. The number of hydrazone groups is 1. The van der Waals surface area contributed by atoms with Crippen LogP contribution in [0.5, 0.6) is 5.75 Å². The topological polar surface area (TPSA) is 170 Å². The molecule has 0 bridgehead atoms. The van der Waals surface area contributed by atoms with Gasteiger partial charge in [-0.2, -0.15) is 5.10 Å². The molecule has 0 fully saturated rings. The quantitative estimate of drug-likeness (QED) is 0.0406. The monoisotopic (exact) mass is 666 g/mol. The molecule has 0 saturated heterocycles. The largest absolute Gasteiger partial charge is 0.491 e. The van der Waals surface area contributed by atoms with Crippen LogP contribution in [0, 0.1) is 0 Å². The number of rotatable bonds is 15. The molecule has 0 aliphatic carbocycles. The van der Waals surface area contributed by atoms with Crippen LogP contribution in [0.4, 0.5) is 5.82 Å². The number of amides is 2. The first kappa shape index (κ1) is 33.5. The second-order valence-electron chi connectivity index (χ2n) is 9.51. The van der Waals surface area contributed by atoms with Gasteiger partial charge in [0.1, 0.15) is 17.3 Å². The Kier molecular flexibility index (Phi) is 12.8. The molecule has 0 atom stereocenters. The first-order valence-corrected chi connectivity index (χ1v) is 15.6. The highest BCUT2D eigenvalue weighted by molar-refractivity contribution is 7.98. The molecule has 11 nitrogen and oxygen atoms in total. The lowest BCUT2D eigenvalue weighted by Crippen LogP contribution is -2.39. The van der Waals surface area contributed by atoms with Crippen LogP contribution < -0.4 is 32.5 Å². The molecule has 0 radical (unpaired) electrons. The molecule has 2 amide bonds. The second kappa shape index (κ2) is 17.2. The number of carbonyl (C=O) groups excluding carboxylic acids is 2. The Balaban J connectivity index is 1.39. The number of halogens is 2. The summed E-state index contributed by atoms with van der Waals surface area (Å²) in [5, 5.41) is 10.3. The third-order valence-corrected chi connectivity index (χ3v) is 8.41. The molecular formula is C31H32Cl2N8O3S. The lowest BCUT2D eigenvalue weighted by atomic mass is 10.1. The van der Waals surface area contributed by atoms with Gasteiger partial charge >= 0.3 is 0 Å². The lowest BCUT2D eigenvalue weighted by molar-refractivity contribution is -0.114. The molecule has 2 aromatic heterocycles. The van der Waals surface area contributed by atoms with Crippen LogP contribution in [0.15, 0.2) is 89.0 Å². The van der Waals surface area contributed by atoms with E-state index in [0.717, 1.165) is 16.2 Å². The number of thioether (sulfide) groups is 1. The normalized spacial score (nSPS) is 11.1. The van der Waals surface area contributed by atoms with Gasteiger partial charge < -0.3 is 26.6 Å². The van der Waals surface area contributed by atoms with Crippen molar-refractivity contribution in [2.24, 2.45) is 16.8 Å². The molecule has 234 valence electrons. The number of nitrogen functional groups attached to an aromatic ring is 1. The molecule has 4 aromatic rings. The van der Waals surface area contributed by atoms with Gasteiger partial charge in [0.2, 0.25) is 0 Å². The zero-order valence-electron chi connectivity index (χ0n) is 24.1. The minimum atomic E-state index is -0.494. The molecule has 2 aromatic carbocycles. The number of benzene rings is 2. The number of carbonyl (C=O) groups is 2. The Morgan fingerprint density at radius 1 is 0.933 bits per heavy atom. The number of hydrogen-bond donors (Lipinski definition) is 5. The highest BCUT2D eigenvalue weighted by atomic mass is 35.5. The van der Waals surface area contributed by atoms with E-state index in [-0.39, 0.29) is 31.1 Å². The summed E-state index contributed by atoms with van der Waals surface area (Å²) in [5.41, 5.74) is 5.16. The van der Waals surface area contributed by atoms with Crippen molar-refractivity contribution >= 4 is 58.3 Å². The second-order valence-corrected chi connectivity index (χ2v) is 11.3. The van der Waals surface area contributed by atoms with E-state index in [1.54, 1.807) is 30.3 Å². The van der Waals surface area contributed by atoms with Crippen molar-refractivity contribution in [2.45, 2.75) is 23.5 Å². The van der Waals surface area contributed by atoms with Crippen LogP contribution >= 0.6 is 35.0 Å². The fourth-order valence-electron chi connectivity index (χ4n) is 4.08. The number of nitrogens with zero attached hydrogens (tertiary/aromatic N) is 3. The summed E-state index contributed by atoms with van der Waals surface area (Å²) < 4.78 is 6.10. The summed E-state index contributed by atoms with van der Waals surface area (Å²) in [5.74, 6) is 11.5. The average molecular weight is 668 g/mol. The van der Waals surface area contributed by atoms with Gasteiger partial charge in [0.25, 0.3) is 11.8 Å². The number of hydrogen-bond acceptors (Lipinski definition) is 10. The van der Waals surface area contributed by atoms with Gasteiger partial charge in [-0.25, -0.2) is 10.8 Å². The Bertz CT molecular complexity index is 1610. The van der Waals surface area contributed by atoms with Gasteiger partial charge in [-0.05, 0) is 42.0 Å². The smallest absolute Gasteiger partial charge is 0.267 e. The average Bonchev–Trinajstić information content (AvgIpc) is 3.06. The van der Waals surface area contributed by atoms with Crippen LogP contribution in [-0.4, -0.2) is 47.2 Å². The highest BCUT2D eigenvalue weighted by Crippen LogP contribution is 2.35. The van der Waals surface area contributed by atoms with Crippen molar-refractivity contribution in [3.05, 3.63) is 112 Å². The van der Waals surface area contributed by atoms with Crippen molar-refractivity contribution in [1.29, 1.82) is 0 Å². The van der Waals surface area contributed by atoms with E-state index < -0.39 is 5.91 Å². The van der Waals surface area contributed by atoms with E-state index in [0.29, 0.717) is 51.7 Å². The van der Waals surface area contributed by atoms with Gasteiger partial charge in [-0.15, -0.1) is 11.8 Å². The van der Waals surface area contributed by atoms with Gasteiger partial charge in [-0.3, -0.25) is 14.6 Å². The molecule has 0 unspecified atom stereocenters. The lowest BCUT2D eigenvalue weighted by Gasteiger charge is -2.14. The van der Waals surface area contributed by atoms with E-state index in [1.165, 1.54) is 18.0 Å². The number of pyridine rings is 2. The Hall–Kier alpha value is -4.36. The summed E-state index contributed by atoms with van der Waals surface area (Å²) in [4.78, 5) is 34.9. The number of nitrogens with one attached hydrogen (secondary N) is 3. The molecule has 45 heavy (non-hydrogen) atoms. The van der Waals surface area contributed by atoms with E-state index in [2.05, 4.69) is 26.1 Å². The van der Waals surface area contributed by atoms with Crippen LogP contribution in [-0.2, 0) is 23.4 Å². The predicted octanol–water partition coefficient (Wildman–Crippen LogP) is 4.39. The van der Waals surface area contributed by atoms with Gasteiger partial charge in [-0.1, -0.05) is 59.6 Å². The minimum absolute atomic E-state index is 0.0217. The molecule has 7 N–H and O–H groups in total. The fourth-order valence-corrected chi connectivity index (χ4v) is 5.66. The molecule has 0 spiro atoms. The summed E-state index contributed by atoms with van der Waals surface area (Å²) in [6, 6.07) is 22.2. The van der Waals surface area contributed by atoms with Crippen LogP contribution in [0.3, 0.4) is 0 Å². The van der Waals surface area contributed by atoms with Crippen molar-refractivity contribution in [2.75, 3.05) is 25.1 Å².